The minimum Gasteiger partial charge on any atom is -0.368 e. The molecule has 1 aromatic carbocycles. The molecule has 1 heterocycles. The van der Waals surface area contributed by atoms with Gasteiger partial charge in [-0.15, -0.1) is 5.10 Å². The van der Waals surface area contributed by atoms with Gasteiger partial charge in [0, 0.05) is 17.1 Å². The highest BCUT2D eigenvalue weighted by atomic mass is 79.9. The summed E-state index contributed by atoms with van der Waals surface area (Å²) in [5.41, 5.74) is 6.54. The molecule has 0 saturated heterocycles. The molecule has 0 unspecified atom stereocenters. The number of hydrogen-bond donors (Lipinski definition) is 1. The van der Waals surface area contributed by atoms with E-state index in [4.69, 9.17) is 5.73 Å². The molecule has 5 heteroatoms. The van der Waals surface area contributed by atoms with Crippen LogP contribution in [0.25, 0.3) is 11.4 Å². The molecule has 0 aliphatic carbocycles. The summed E-state index contributed by atoms with van der Waals surface area (Å²) in [5, 5.41) is 4.18. The Bertz CT molecular complexity index is 444. The highest BCUT2D eigenvalue weighted by Crippen LogP contribution is 2.20. The first kappa shape index (κ1) is 9.21. The zero-order valence-corrected chi connectivity index (χ0v) is 9.19. The Morgan fingerprint density at radius 1 is 1.43 bits per heavy atom. The van der Waals surface area contributed by atoms with E-state index in [0.29, 0.717) is 11.8 Å². The molecule has 0 atom stereocenters. The Kier molecular flexibility index (Phi) is 2.25. The Labute approximate surface area is 89.9 Å². The van der Waals surface area contributed by atoms with Gasteiger partial charge in [0.25, 0.3) is 0 Å². The monoisotopic (exact) mass is 252 g/mol. The third-order valence-corrected chi connectivity index (χ3v) is 2.37. The van der Waals surface area contributed by atoms with Crippen molar-refractivity contribution in [2.75, 3.05) is 5.73 Å². The molecule has 0 amide bonds. The molecule has 0 bridgehead atoms. The van der Waals surface area contributed by atoms with Crippen molar-refractivity contribution in [2.24, 2.45) is 7.05 Å². The van der Waals surface area contributed by atoms with E-state index in [1.165, 1.54) is 0 Å². The van der Waals surface area contributed by atoms with Gasteiger partial charge in [0.15, 0.2) is 5.82 Å². The van der Waals surface area contributed by atoms with E-state index in [-0.39, 0.29) is 0 Å². The molecule has 0 radical (unpaired) electrons. The van der Waals surface area contributed by atoms with Crippen LogP contribution in [0.4, 0.5) is 5.95 Å². The van der Waals surface area contributed by atoms with E-state index in [1.54, 1.807) is 11.7 Å². The van der Waals surface area contributed by atoms with Crippen LogP contribution in [0.3, 0.4) is 0 Å². The maximum absolute atomic E-state index is 5.59. The van der Waals surface area contributed by atoms with Crippen LogP contribution in [0.1, 0.15) is 0 Å². The van der Waals surface area contributed by atoms with Crippen molar-refractivity contribution >= 4 is 21.9 Å². The van der Waals surface area contributed by atoms with E-state index < -0.39 is 0 Å². The molecular weight excluding hydrogens is 244 g/mol. The first-order chi connectivity index (χ1) is 6.66. The van der Waals surface area contributed by atoms with Gasteiger partial charge in [-0.1, -0.05) is 28.1 Å². The summed E-state index contributed by atoms with van der Waals surface area (Å²) in [4.78, 5) is 4.13. The van der Waals surface area contributed by atoms with Crippen molar-refractivity contribution in [1.82, 2.24) is 14.8 Å². The molecule has 72 valence electrons. The lowest BCUT2D eigenvalue weighted by molar-refractivity contribution is 0.781. The van der Waals surface area contributed by atoms with E-state index in [0.717, 1.165) is 10.0 Å². The molecule has 0 spiro atoms. The molecule has 0 saturated carbocycles. The van der Waals surface area contributed by atoms with Crippen molar-refractivity contribution in [3.05, 3.63) is 28.7 Å². The highest BCUT2D eigenvalue weighted by Gasteiger charge is 2.06. The lowest BCUT2D eigenvalue weighted by Crippen LogP contribution is -1.97. The van der Waals surface area contributed by atoms with Crippen LogP contribution in [0, 0.1) is 0 Å². The fraction of sp³-hybridized carbons (Fsp3) is 0.111. The Balaban J connectivity index is 2.49. The van der Waals surface area contributed by atoms with Crippen LogP contribution in [-0.2, 0) is 7.05 Å². The van der Waals surface area contributed by atoms with E-state index in [1.807, 2.05) is 24.3 Å². The number of aromatic nitrogens is 3. The van der Waals surface area contributed by atoms with E-state index in [2.05, 4.69) is 26.0 Å². The molecule has 14 heavy (non-hydrogen) atoms. The molecule has 2 aromatic rings. The lowest BCUT2D eigenvalue weighted by Gasteiger charge is -1.94. The molecule has 0 fully saturated rings. The molecule has 0 aliphatic heterocycles. The minimum absolute atomic E-state index is 0.417. The number of nitrogen functional groups attached to an aromatic ring is 1. The van der Waals surface area contributed by atoms with Crippen LogP contribution < -0.4 is 5.73 Å². The lowest BCUT2D eigenvalue weighted by atomic mass is 10.2. The molecule has 0 aliphatic rings. The summed E-state index contributed by atoms with van der Waals surface area (Å²) >= 11 is 3.39. The standard InChI is InChI=1S/C9H9BrN4/c1-14-9(11)12-8(13-14)6-3-2-4-7(10)5-6/h2-5H,1H3,(H2,11,12,13). The average molecular weight is 253 g/mol. The summed E-state index contributed by atoms with van der Waals surface area (Å²) in [7, 11) is 1.77. The Morgan fingerprint density at radius 2 is 2.21 bits per heavy atom. The summed E-state index contributed by atoms with van der Waals surface area (Å²) in [6.45, 7) is 0. The fourth-order valence-corrected chi connectivity index (χ4v) is 1.55. The van der Waals surface area contributed by atoms with Gasteiger partial charge in [0.05, 0.1) is 0 Å². The van der Waals surface area contributed by atoms with Gasteiger partial charge in [-0.25, -0.2) is 4.68 Å². The van der Waals surface area contributed by atoms with Crippen LogP contribution in [0.5, 0.6) is 0 Å². The number of benzene rings is 1. The van der Waals surface area contributed by atoms with Gasteiger partial charge >= 0.3 is 0 Å². The summed E-state index contributed by atoms with van der Waals surface area (Å²) < 4.78 is 2.55. The number of anilines is 1. The highest BCUT2D eigenvalue weighted by molar-refractivity contribution is 9.10. The summed E-state index contributed by atoms with van der Waals surface area (Å²) in [5.74, 6) is 1.06. The number of hydrogen-bond acceptors (Lipinski definition) is 3. The average Bonchev–Trinajstić information content (AvgIpc) is 2.47. The van der Waals surface area contributed by atoms with Crippen LogP contribution >= 0.6 is 15.9 Å². The first-order valence-corrected chi connectivity index (χ1v) is 4.88. The van der Waals surface area contributed by atoms with Gasteiger partial charge in [-0.3, -0.25) is 0 Å². The number of rotatable bonds is 1. The van der Waals surface area contributed by atoms with Crippen molar-refractivity contribution in [1.29, 1.82) is 0 Å². The number of aryl methyl sites for hydroxylation is 1. The second-order valence-electron chi connectivity index (χ2n) is 2.93. The molecule has 2 N–H and O–H groups in total. The minimum atomic E-state index is 0.417. The fourth-order valence-electron chi connectivity index (χ4n) is 1.15. The SMILES string of the molecule is Cn1nc(-c2cccc(Br)c2)nc1N. The van der Waals surface area contributed by atoms with Gasteiger partial charge in [0.1, 0.15) is 0 Å². The number of nitrogens with zero attached hydrogens (tertiary/aromatic N) is 3. The second-order valence-corrected chi connectivity index (χ2v) is 3.84. The Morgan fingerprint density at radius 3 is 2.79 bits per heavy atom. The van der Waals surface area contributed by atoms with Crippen molar-refractivity contribution in [2.45, 2.75) is 0 Å². The maximum atomic E-state index is 5.59. The van der Waals surface area contributed by atoms with Crippen LogP contribution in [-0.4, -0.2) is 14.8 Å². The van der Waals surface area contributed by atoms with Gasteiger partial charge < -0.3 is 5.73 Å². The molecule has 4 nitrogen and oxygen atoms in total. The zero-order valence-electron chi connectivity index (χ0n) is 7.61. The van der Waals surface area contributed by atoms with Crippen molar-refractivity contribution < 1.29 is 0 Å². The number of halogens is 1. The van der Waals surface area contributed by atoms with E-state index in [9.17, 15) is 0 Å². The normalized spacial score (nSPS) is 10.4. The topological polar surface area (TPSA) is 56.7 Å². The molecular formula is C9H9BrN4. The third kappa shape index (κ3) is 1.63. The van der Waals surface area contributed by atoms with Gasteiger partial charge in [-0.2, -0.15) is 4.98 Å². The quantitative estimate of drug-likeness (QED) is 0.843. The molecule has 2 rings (SSSR count). The predicted octanol–water partition coefficient (Wildman–Crippen LogP) is 1.83. The number of nitrogens with two attached hydrogens (primary N) is 1. The third-order valence-electron chi connectivity index (χ3n) is 1.88. The van der Waals surface area contributed by atoms with Gasteiger partial charge in [-0.05, 0) is 12.1 Å². The first-order valence-electron chi connectivity index (χ1n) is 4.09. The zero-order chi connectivity index (χ0) is 10.1. The van der Waals surface area contributed by atoms with Crippen LogP contribution in [0.15, 0.2) is 28.7 Å². The van der Waals surface area contributed by atoms with Crippen molar-refractivity contribution in [3.8, 4) is 11.4 Å². The van der Waals surface area contributed by atoms with E-state index >= 15 is 0 Å². The maximum Gasteiger partial charge on any atom is 0.218 e. The smallest absolute Gasteiger partial charge is 0.218 e. The van der Waals surface area contributed by atoms with Crippen LogP contribution in [0.2, 0.25) is 0 Å². The molecule has 1 aromatic heterocycles. The van der Waals surface area contributed by atoms with Crippen molar-refractivity contribution in [3.63, 3.8) is 0 Å². The summed E-state index contributed by atoms with van der Waals surface area (Å²) in [6, 6.07) is 7.79. The Hall–Kier alpha value is -1.36. The second kappa shape index (κ2) is 3.42. The predicted molar refractivity (Wildman–Crippen MR) is 58.6 cm³/mol. The van der Waals surface area contributed by atoms with Gasteiger partial charge in [0.2, 0.25) is 5.95 Å². The summed E-state index contributed by atoms with van der Waals surface area (Å²) in [6.07, 6.45) is 0. The largest absolute Gasteiger partial charge is 0.368 e.